The highest BCUT2D eigenvalue weighted by Crippen LogP contribution is 2.30. The number of nitrogens with one attached hydrogen (secondary N) is 2. The second kappa shape index (κ2) is 8.50. The minimum Gasteiger partial charge on any atom is -0.351 e. The minimum absolute atomic E-state index is 0.00878. The number of aromatic nitrogens is 1. The Morgan fingerprint density at radius 3 is 3.04 bits per heavy atom. The number of carbonyl (C=O) groups is 1. The highest BCUT2D eigenvalue weighted by atomic mass is 32.1. The molecule has 1 aromatic carbocycles. The molecule has 6 heteroatoms. The molecule has 3 aromatic rings. The Bertz CT molecular complexity index is 857. The Morgan fingerprint density at radius 2 is 2.22 bits per heavy atom. The third kappa shape index (κ3) is 4.39. The monoisotopic (exact) mass is 400 g/mol. The molecule has 0 bridgehead atoms. The number of thiazole rings is 1. The summed E-state index contributed by atoms with van der Waals surface area (Å²) in [6, 6.07) is 12.5. The van der Waals surface area contributed by atoms with Crippen molar-refractivity contribution in [1.29, 1.82) is 0 Å². The van der Waals surface area contributed by atoms with E-state index in [9.17, 15) is 4.79 Å². The molecule has 1 fully saturated rings. The third-order valence-electron chi connectivity index (χ3n) is 5.48. The average Bonchev–Trinajstić information content (AvgIpc) is 3.37. The molecule has 1 aliphatic heterocycles. The van der Waals surface area contributed by atoms with Crippen LogP contribution in [0.25, 0.3) is 10.2 Å². The molecule has 0 radical (unpaired) electrons. The zero-order valence-corrected chi connectivity index (χ0v) is 17.2. The number of nitrogens with zero attached hydrogens (tertiary/aromatic N) is 1. The predicted molar refractivity (Wildman–Crippen MR) is 113 cm³/mol. The molecular weight excluding hydrogens is 374 g/mol. The van der Waals surface area contributed by atoms with Crippen LogP contribution in [0.15, 0.2) is 41.8 Å². The Balaban J connectivity index is 1.34. The topological polar surface area (TPSA) is 46.4 Å². The number of likely N-dealkylation sites (tertiary alicyclic amines) is 1. The van der Waals surface area contributed by atoms with Crippen molar-refractivity contribution in [2.75, 3.05) is 19.6 Å². The lowest BCUT2D eigenvalue weighted by Gasteiger charge is -2.32. The van der Waals surface area contributed by atoms with Gasteiger partial charge in [0.25, 0.3) is 5.91 Å². The van der Waals surface area contributed by atoms with Crippen LogP contribution in [0.1, 0.15) is 35.6 Å². The summed E-state index contributed by atoms with van der Waals surface area (Å²) in [5.74, 6) is 0.638. The van der Waals surface area contributed by atoms with Crippen molar-refractivity contribution in [2.24, 2.45) is 0 Å². The molecule has 3 heterocycles. The smallest absolute Gasteiger partial charge is 0.278 e. The van der Waals surface area contributed by atoms with E-state index in [1.165, 1.54) is 25.9 Å². The van der Waals surface area contributed by atoms with Crippen LogP contribution >= 0.6 is 22.7 Å². The van der Waals surface area contributed by atoms with Crippen molar-refractivity contribution < 1.29 is 9.69 Å². The van der Waals surface area contributed by atoms with Crippen LogP contribution in [0.2, 0.25) is 0 Å². The van der Waals surface area contributed by atoms with Gasteiger partial charge in [0.1, 0.15) is 5.01 Å². The number of carbonyl (C=O) groups excluding carboxylic acids is 1. The van der Waals surface area contributed by atoms with Crippen LogP contribution in [0, 0.1) is 0 Å². The normalized spacial score (nSPS) is 21.2. The highest BCUT2D eigenvalue weighted by Gasteiger charge is 2.32. The Labute approximate surface area is 168 Å². The van der Waals surface area contributed by atoms with Gasteiger partial charge in [-0.1, -0.05) is 18.2 Å². The zero-order valence-electron chi connectivity index (χ0n) is 15.6. The Kier molecular flexibility index (Phi) is 5.86. The fourth-order valence-corrected chi connectivity index (χ4v) is 5.68. The maximum Gasteiger partial charge on any atom is 0.278 e. The van der Waals surface area contributed by atoms with E-state index in [-0.39, 0.29) is 11.9 Å². The largest absolute Gasteiger partial charge is 0.351 e. The number of hydrogen-bond donors (Lipinski definition) is 2. The van der Waals surface area contributed by atoms with Gasteiger partial charge in [-0.2, -0.15) is 0 Å². The van der Waals surface area contributed by atoms with Gasteiger partial charge in [-0.05, 0) is 49.8 Å². The minimum atomic E-state index is -0.00878. The zero-order chi connectivity index (χ0) is 18.6. The predicted octanol–water partition coefficient (Wildman–Crippen LogP) is 2.87. The van der Waals surface area contributed by atoms with Gasteiger partial charge in [0.05, 0.1) is 29.2 Å². The second-order valence-corrected chi connectivity index (χ2v) is 9.41. The number of rotatable bonds is 6. The molecule has 2 N–H and O–H groups in total. The molecular formula is C21H26N3OS2+. The van der Waals surface area contributed by atoms with E-state index < -0.39 is 0 Å². The van der Waals surface area contributed by atoms with Gasteiger partial charge in [-0.15, -0.1) is 22.7 Å². The van der Waals surface area contributed by atoms with Crippen molar-refractivity contribution >= 4 is 38.8 Å². The van der Waals surface area contributed by atoms with Crippen LogP contribution < -0.4 is 10.2 Å². The lowest BCUT2D eigenvalue weighted by molar-refractivity contribution is -0.920. The van der Waals surface area contributed by atoms with E-state index in [1.807, 2.05) is 17.4 Å². The molecule has 0 aliphatic carbocycles. The number of hydrogen-bond acceptors (Lipinski definition) is 4. The summed E-state index contributed by atoms with van der Waals surface area (Å²) in [5, 5.41) is 6.45. The number of fused-ring (bicyclic) bond motifs is 1. The summed E-state index contributed by atoms with van der Waals surface area (Å²) in [7, 11) is 0. The van der Waals surface area contributed by atoms with Crippen LogP contribution in [0.5, 0.6) is 0 Å². The van der Waals surface area contributed by atoms with Crippen molar-refractivity contribution in [3.8, 4) is 0 Å². The Morgan fingerprint density at radius 1 is 1.33 bits per heavy atom. The van der Waals surface area contributed by atoms with E-state index in [0.717, 1.165) is 38.0 Å². The highest BCUT2D eigenvalue weighted by molar-refractivity contribution is 7.18. The first-order valence-electron chi connectivity index (χ1n) is 9.71. The summed E-state index contributed by atoms with van der Waals surface area (Å²) in [5.41, 5.74) is 1.10. The van der Waals surface area contributed by atoms with Gasteiger partial charge in [0.2, 0.25) is 0 Å². The maximum absolute atomic E-state index is 12.6. The fourth-order valence-electron chi connectivity index (χ4n) is 3.87. The van der Waals surface area contributed by atoms with Crippen molar-refractivity contribution in [3.05, 3.63) is 51.7 Å². The van der Waals surface area contributed by atoms with E-state index >= 15 is 0 Å². The molecule has 4 rings (SSSR count). The summed E-state index contributed by atoms with van der Waals surface area (Å²) in [6.07, 6.45) is 3.25. The molecule has 1 saturated heterocycles. The molecule has 3 atom stereocenters. The molecule has 1 amide bonds. The first-order chi connectivity index (χ1) is 13.2. The lowest BCUT2D eigenvalue weighted by atomic mass is 9.97. The van der Waals surface area contributed by atoms with Crippen molar-refractivity contribution in [2.45, 2.75) is 38.1 Å². The van der Waals surface area contributed by atoms with E-state index in [2.05, 4.69) is 48.0 Å². The SMILES string of the molecule is C[C@H](C(=O)NCCc1cccs1)[NH+]1CCC[C@H](c2nc3ccccc3s2)C1. The van der Waals surface area contributed by atoms with E-state index in [0.29, 0.717) is 5.92 Å². The molecule has 27 heavy (non-hydrogen) atoms. The first kappa shape index (κ1) is 18.6. The number of piperidine rings is 1. The first-order valence-corrected chi connectivity index (χ1v) is 11.4. The number of para-hydroxylation sites is 1. The van der Waals surface area contributed by atoms with Crippen molar-refractivity contribution in [3.63, 3.8) is 0 Å². The van der Waals surface area contributed by atoms with Gasteiger partial charge >= 0.3 is 0 Å². The van der Waals surface area contributed by atoms with Gasteiger partial charge in [0.15, 0.2) is 6.04 Å². The van der Waals surface area contributed by atoms with Gasteiger partial charge in [0, 0.05) is 11.4 Å². The quantitative estimate of drug-likeness (QED) is 0.668. The van der Waals surface area contributed by atoms with Crippen LogP contribution in [-0.2, 0) is 11.2 Å². The summed E-state index contributed by atoms with van der Waals surface area (Å²) >= 11 is 3.56. The van der Waals surface area contributed by atoms with Crippen LogP contribution in [0.3, 0.4) is 0 Å². The van der Waals surface area contributed by atoms with Crippen molar-refractivity contribution in [1.82, 2.24) is 10.3 Å². The molecule has 2 aromatic heterocycles. The molecule has 1 aliphatic rings. The van der Waals surface area contributed by atoms with Crippen LogP contribution in [0.4, 0.5) is 0 Å². The molecule has 4 nitrogen and oxygen atoms in total. The molecule has 142 valence electrons. The number of quaternary nitrogens is 1. The van der Waals surface area contributed by atoms with E-state index in [4.69, 9.17) is 4.98 Å². The fraction of sp³-hybridized carbons (Fsp3) is 0.429. The molecule has 0 saturated carbocycles. The summed E-state index contributed by atoms with van der Waals surface area (Å²) in [4.78, 5) is 20.2. The standard InChI is InChI=1S/C21H25N3OS2/c1-15(20(25)22-11-10-17-7-5-13-26-17)24-12-4-6-16(14-24)21-23-18-8-2-3-9-19(18)27-21/h2-3,5,7-9,13,15-16H,4,6,10-12,14H2,1H3,(H,22,25)/p+1/t15-,16+/m1/s1. The number of amides is 1. The average molecular weight is 401 g/mol. The van der Waals surface area contributed by atoms with Gasteiger partial charge < -0.3 is 10.2 Å². The molecule has 1 unspecified atom stereocenters. The molecule has 0 spiro atoms. The lowest BCUT2D eigenvalue weighted by Crippen LogP contribution is -3.17. The van der Waals surface area contributed by atoms with Gasteiger partial charge in [-0.25, -0.2) is 4.98 Å². The van der Waals surface area contributed by atoms with Crippen LogP contribution in [-0.4, -0.2) is 36.6 Å². The number of benzene rings is 1. The third-order valence-corrected chi connectivity index (χ3v) is 7.61. The van der Waals surface area contributed by atoms with E-state index in [1.54, 1.807) is 11.3 Å². The summed E-state index contributed by atoms with van der Waals surface area (Å²) < 4.78 is 1.26. The summed E-state index contributed by atoms with van der Waals surface area (Å²) in [6.45, 7) is 4.86. The maximum atomic E-state index is 12.6. The Hall–Kier alpha value is -1.76. The second-order valence-electron chi connectivity index (χ2n) is 7.31. The van der Waals surface area contributed by atoms with Gasteiger partial charge in [-0.3, -0.25) is 4.79 Å². The number of thiophene rings is 1.